The molecule has 88 valence electrons. The molecule has 0 aromatic heterocycles. The van der Waals surface area contributed by atoms with E-state index in [1.807, 2.05) is 12.1 Å². The second-order valence-corrected chi connectivity index (χ2v) is 4.21. The van der Waals surface area contributed by atoms with Gasteiger partial charge in [0.2, 0.25) is 0 Å². The Bertz CT molecular complexity index is 500. The van der Waals surface area contributed by atoms with Gasteiger partial charge in [0.05, 0.1) is 0 Å². The summed E-state index contributed by atoms with van der Waals surface area (Å²) in [7, 11) is 0. The molecule has 0 fully saturated rings. The number of hydrogen-bond acceptors (Lipinski definition) is 1. The van der Waals surface area contributed by atoms with Crippen LogP contribution in [-0.2, 0) is 6.54 Å². The Kier molecular flexibility index (Phi) is 3.43. The summed E-state index contributed by atoms with van der Waals surface area (Å²) in [5.74, 6) is -0.161. The summed E-state index contributed by atoms with van der Waals surface area (Å²) in [6, 6.07) is 13.0. The quantitative estimate of drug-likeness (QED) is 0.837. The molecule has 0 atom stereocenters. The lowest BCUT2D eigenvalue weighted by atomic mass is 10.1. The molecule has 0 heterocycles. The van der Waals surface area contributed by atoms with E-state index >= 15 is 0 Å². The van der Waals surface area contributed by atoms with E-state index in [9.17, 15) is 4.39 Å². The molecule has 0 aliphatic heterocycles. The number of para-hydroxylation sites is 1. The van der Waals surface area contributed by atoms with Crippen LogP contribution in [0.3, 0.4) is 0 Å². The number of aryl methyl sites for hydroxylation is 2. The van der Waals surface area contributed by atoms with Gasteiger partial charge in [-0.25, -0.2) is 4.39 Å². The van der Waals surface area contributed by atoms with E-state index in [1.54, 1.807) is 12.1 Å². The molecule has 0 radical (unpaired) electrons. The second kappa shape index (κ2) is 5.00. The largest absolute Gasteiger partial charge is 0.380 e. The van der Waals surface area contributed by atoms with E-state index in [0.29, 0.717) is 12.1 Å². The van der Waals surface area contributed by atoms with Crippen LogP contribution in [0.1, 0.15) is 16.7 Å². The Morgan fingerprint density at radius 2 is 1.59 bits per heavy atom. The van der Waals surface area contributed by atoms with Crippen molar-refractivity contribution in [3.63, 3.8) is 0 Å². The Labute approximate surface area is 101 Å². The molecular weight excluding hydrogens is 213 g/mol. The molecule has 2 rings (SSSR count). The fourth-order valence-corrected chi connectivity index (χ4v) is 1.92. The van der Waals surface area contributed by atoms with Gasteiger partial charge in [-0.3, -0.25) is 0 Å². The monoisotopic (exact) mass is 229 g/mol. The highest BCUT2D eigenvalue weighted by Crippen LogP contribution is 2.20. The summed E-state index contributed by atoms with van der Waals surface area (Å²) >= 11 is 0. The minimum Gasteiger partial charge on any atom is -0.380 e. The SMILES string of the molecule is Cc1cccc(C)c1NCc1ccccc1F. The molecule has 0 bridgehead atoms. The Morgan fingerprint density at radius 1 is 0.941 bits per heavy atom. The number of nitrogens with one attached hydrogen (secondary N) is 1. The predicted octanol–water partition coefficient (Wildman–Crippen LogP) is 4.05. The molecule has 0 aliphatic rings. The summed E-state index contributed by atoms with van der Waals surface area (Å²) in [6.07, 6.45) is 0. The van der Waals surface area contributed by atoms with Crippen LogP contribution < -0.4 is 5.32 Å². The zero-order chi connectivity index (χ0) is 12.3. The molecule has 0 saturated heterocycles. The zero-order valence-electron chi connectivity index (χ0n) is 10.1. The third-order valence-corrected chi connectivity index (χ3v) is 2.89. The third kappa shape index (κ3) is 2.64. The van der Waals surface area contributed by atoms with Crippen molar-refractivity contribution in [1.29, 1.82) is 0 Å². The Balaban J connectivity index is 2.16. The van der Waals surface area contributed by atoms with E-state index in [0.717, 1.165) is 5.69 Å². The van der Waals surface area contributed by atoms with Crippen molar-refractivity contribution in [2.24, 2.45) is 0 Å². The van der Waals surface area contributed by atoms with Crippen molar-refractivity contribution in [1.82, 2.24) is 0 Å². The van der Waals surface area contributed by atoms with E-state index < -0.39 is 0 Å². The van der Waals surface area contributed by atoms with Crippen LogP contribution in [-0.4, -0.2) is 0 Å². The first-order valence-electron chi connectivity index (χ1n) is 5.72. The second-order valence-electron chi connectivity index (χ2n) is 4.21. The van der Waals surface area contributed by atoms with Gasteiger partial charge >= 0.3 is 0 Å². The van der Waals surface area contributed by atoms with E-state index in [1.165, 1.54) is 17.2 Å². The molecule has 2 aromatic carbocycles. The van der Waals surface area contributed by atoms with Crippen LogP contribution in [0.5, 0.6) is 0 Å². The Morgan fingerprint density at radius 3 is 2.24 bits per heavy atom. The first-order chi connectivity index (χ1) is 8.18. The van der Waals surface area contributed by atoms with Crippen LogP contribution >= 0.6 is 0 Å². The summed E-state index contributed by atoms with van der Waals surface area (Å²) < 4.78 is 13.5. The first kappa shape index (κ1) is 11.6. The van der Waals surface area contributed by atoms with Crippen LogP contribution in [0, 0.1) is 19.7 Å². The molecule has 0 amide bonds. The lowest BCUT2D eigenvalue weighted by Gasteiger charge is -2.12. The molecular formula is C15H16FN. The number of anilines is 1. The lowest BCUT2D eigenvalue weighted by molar-refractivity contribution is 0.613. The molecule has 2 heteroatoms. The van der Waals surface area contributed by atoms with Crippen LogP contribution in [0.2, 0.25) is 0 Å². The molecule has 0 aliphatic carbocycles. The van der Waals surface area contributed by atoms with Gasteiger partial charge in [0.15, 0.2) is 0 Å². The standard InChI is InChI=1S/C15H16FN/c1-11-6-5-7-12(2)15(11)17-10-13-8-3-4-9-14(13)16/h3-9,17H,10H2,1-2H3. The zero-order valence-corrected chi connectivity index (χ0v) is 10.1. The minimum absolute atomic E-state index is 0.161. The molecule has 0 saturated carbocycles. The topological polar surface area (TPSA) is 12.0 Å². The predicted molar refractivity (Wildman–Crippen MR) is 69.6 cm³/mol. The highest BCUT2D eigenvalue weighted by atomic mass is 19.1. The fourth-order valence-electron chi connectivity index (χ4n) is 1.92. The lowest BCUT2D eigenvalue weighted by Crippen LogP contribution is -2.04. The van der Waals surface area contributed by atoms with Crippen molar-refractivity contribution in [3.8, 4) is 0 Å². The van der Waals surface area contributed by atoms with E-state index in [-0.39, 0.29) is 5.82 Å². The smallest absolute Gasteiger partial charge is 0.128 e. The summed E-state index contributed by atoms with van der Waals surface area (Å²) in [5, 5.41) is 3.30. The van der Waals surface area contributed by atoms with Crippen molar-refractivity contribution >= 4 is 5.69 Å². The summed E-state index contributed by atoms with van der Waals surface area (Å²) in [4.78, 5) is 0. The minimum atomic E-state index is -0.161. The van der Waals surface area contributed by atoms with Crippen LogP contribution in [0.15, 0.2) is 42.5 Å². The van der Waals surface area contributed by atoms with Gasteiger partial charge in [-0.15, -0.1) is 0 Å². The first-order valence-corrected chi connectivity index (χ1v) is 5.72. The number of rotatable bonds is 3. The molecule has 2 aromatic rings. The average Bonchev–Trinajstić information content (AvgIpc) is 2.30. The summed E-state index contributed by atoms with van der Waals surface area (Å²) in [6.45, 7) is 4.62. The average molecular weight is 229 g/mol. The van der Waals surface area contributed by atoms with Gasteiger partial charge < -0.3 is 5.32 Å². The van der Waals surface area contributed by atoms with Crippen molar-refractivity contribution in [3.05, 3.63) is 65.0 Å². The molecule has 1 nitrogen and oxygen atoms in total. The highest BCUT2D eigenvalue weighted by molar-refractivity contribution is 5.56. The van der Waals surface area contributed by atoms with Gasteiger partial charge in [-0.2, -0.15) is 0 Å². The van der Waals surface area contributed by atoms with Crippen LogP contribution in [0.4, 0.5) is 10.1 Å². The van der Waals surface area contributed by atoms with Gasteiger partial charge in [-0.05, 0) is 31.0 Å². The molecule has 17 heavy (non-hydrogen) atoms. The van der Waals surface area contributed by atoms with E-state index in [2.05, 4.69) is 31.3 Å². The maximum atomic E-state index is 13.5. The van der Waals surface area contributed by atoms with Crippen LogP contribution in [0.25, 0.3) is 0 Å². The van der Waals surface area contributed by atoms with Crippen molar-refractivity contribution in [2.75, 3.05) is 5.32 Å². The molecule has 0 spiro atoms. The fraction of sp³-hybridized carbons (Fsp3) is 0.200. The maximum absolute atomic E-state index is 13.5. The molecule has 0 unspecified atom stereocenters. The number of benzene rings is 2. The highest BCUT2D eigenvalue weighted by Gasteiger charge is 2.03. The van der Waals surface area contributed by atoms with E-state index in [4.69, 9.17) is 0 Å². The molecule has 1 N–H and O–H groups in total. The number of hydrogen-bond donors (Lipinski definition) is 1. The maximum Gasteiger partial charge on any atom is 0.128 e. The normalized spacial score (nSPS) is 10.3. The van der Waals surface area contributed by atoms with Gasteiger partial charge in [0.1, 0.15) is 5.82 Å². The third-order valence-electron chi connectivity index (χ3n) is 2.89. The van der Waals surface area contributed by atoms with Gasteiger partial charge in [-0.1, -0.05) is 36.4 Å². The summed E-state index contributed by atoms with van der Waals surface area (Å²) in [5.41, 5.74) is 4.15. The number of halogens is 1. The van der Waals surface area contributed by atoms with Gasteiger partial charge in [0, 0.05) is 17.8 Å². The van der Waals surface area contributed by atoms with Gasteiger partial charge in [0.25, 0.3) is 0 Å². The van der Waals surface area contributed by atoms with Crippen molar-refractivity contribution < 1.29 is 4.39 Å². The Hall–Kier alpha value is -1.83. The van der Waals surface area contributed by atoms with Crippen molar-refractivity contribution in [2.45, 2.75) is 20.4 Å².